The number of rotatable bonds is 6. The zero-order valence-corrected chi connectivity index (χ0v) is 17.8. The molecule has 32 heavy (non-hydrogen) atoms. The smallest absolute Gasteiger partial charge is 0.0929 e. The minimum atomic E-state index is 0.251. The van der Waals surface area contributed by atoms with Gasteiger partial charge in [-0.15, -0.1) is 0 Å². The lowest BCUT2D eigenvalue weighted by Gasteiger charge is -2.13. The highest BCUT2D eigenvalue weighted by molar-refractivity contribution is 6.03. The lowest BCUT2D eigenvalue weighted by Crippen LogP contribution is -2.15. The largest absolute Gasteiger partial charge is 0.411 e. The predicted octanol–water partition coefficient (Wildman–Crippen LogP) is 3.88. The lowest BCUT2D eigenvalue weighted by molar-refractivity contribution is 0.318. The Kier molecular flexibility index (Phi) is 6.12. The molecule has 8 heteroatoms. The molecule has 0 saturated carbocycles. The molecule has 0 saturated heterocycles. The van der Waals surface area contributed by atoms with Crippen LogP contribution in [-0.4, -0.2) is 41.8 Å². The van der Waals surface area contributed by atoms with E-state index in [0.717, 1.165) is 33.3 Å². The number of fused-ring (bicyclic) bond motifs is 1. The molecule has 4 rings (SSSR count). The molecule has 2 N–H and O–H groups in total. The maximum atomic E-state index is 9.68. The van der Waals surface area contributed by atoms with Crippen molar-refractivity contribution in [2.75, 3.05) is 0 Å². The Morgan fingerprint density at radius 1 is 0.688 bits per heavy atom. The first-order valence-corrected chi connectivity index (χ1v) is 10.1. The molecule has 0 radical (unpaired) electrons. The second-order valence-electron chi connectivity index (χ2n) is 7.46. The number of hydrogen-bond acceptors (Lipinski definition) is 8. The molecule has 0 bridgehead atoms. The Morgan fingerprint density at radius 2 is 1.06 bits per heavy atom. The summed E-state index contributed by atoms with van der Waals surface area (Å²) in [6.45, 7) is 4.06. The van der Waals surface area contributed by atoms with Gasteiger partial charge in [-0.25, -0.2) is 9.97 Å². The summed E-state index contributed by atoms with van der Waals surface area (Å²) in [6.07, 6.45) is 7.06. The van der Waals surface area contributed by atoms with Gasteiger partial charge < -0.3 is 10.4 Å². The van der Waals surface area contributed by atoms with Crippen molar-refractivity contribution in [1.29, 1.82) is 0 Å². The molecule has 8 nitrogen and oxygen atoms in total. The first-order valence-electron chi connectivity index (χ1n) is 10.1. The van der Waals surface area contributed by atoms with Gasteiger partial charge in [0.15, 0.2) is 0 Å². The SMILES string of the molecule is Cc1cc2nc(C/C(=N/O)c3ccncc3)c(C/C(=N/O)c3ccncc3)nc2cc1C. The first-order chi connectivity index (χ1) is 15.6. The monoisotopic (exact) mass is 426 g/mol. The number of benzene rings is 1. The number of aryl methyl sites for hydroxylation is 2. The van der Waals surface area contributed by atoms with Crippen LogP contribution in [0.4, 0.5) is 0 Å². The van der Waals surface area contributed by atoms with E-state index in [-0.39, 0.29) is 12.8 Å². The Balaban J connectivity index is 1.81. The van der Waals surface area contributed by atoms with Gasteiger partial charge in [0.25, 0.3) is 0 Å². The van der Waals surface area contributed by atoms with Gasteiger partial charge in [0.05, 0.1) is 33.8 Å². The van der Waals surface area contributed by atoms with Crippen molar-refractivity contribution in [3.05, 3.63) is 94.8 Å². The van der Waals surface area contributed by atoms with E-state index in [4.69, 9.17) is 9.97 Å². The molecular formula is C24H22N6O2. The van der Waals surface area contributed by atoms with Crippen LogP contribution in [-0.2, 0) is 12.8 Å². The fourth-order valence-electron chi connectivity index (χ4n) is 3.46. The first kappa shape index (κ1) is 21.0. The minimum Gasteiger partial charge on any atom is -0.411 e. The fraction of sp³-hybridized carbons (Fsp3) is 0.167. The van der Waals surface area contributed by atoms with Crippen LogP contribution in [0.5, 0.6) is 0 Å². The lowest BCUT2D eigenvalue weighted by atomic mass is 10.0. The molecule has 0 atom stereocenters. The molecule has 1 aromatic carbocycles. The van der Waals surface area contributed by atoms with Gasteiger partial charge in [0.1, 0.15) is 0 Å². The standard InChI is InChI=1S/C24H22N6O2/c1-15-11-21-22(12-16(15)2)28-24(14-20(30-32)18-5-9-26-10-6-18)23(27-21)13-19(29-31)17-3-7-25-8-4-17/h3-12,31-32H,13-14H2,1-2H3/b29-19-,30-20-. The minimum absolute atomic E-state index is 0.251. The normalized spacial score (nSPS) is 12.3. The highest BCUT2D eigenvalue weighted by atomic mass is 16.4. The maximum absolute atomic E-state index is 9.68. The number of aromatic nitrogens is 4. The molecule has 0 aliphatic heterocycles. The summed E-state index contributed by atoms with van der Waals surface area (Å²) >= 11 is 0. The summed E-state index contributed by atoms with van der Waals surface area (Å²) in [4.78, 5) is 17.7. The molecule has 3 heterocycles. The third-order valence-corrected chi connectivity index (χ3v) is 5.37. The van der Waals surface area contributed by atoms with Crippen LogP contribution in [0.15, 0.2) is 71.5 Å². The van der Waals surface area contributed by atoms with Crippen molar-refractivity contribution >= 4 is 22.5 Å². The number of nitrogens with zero attached hydrogens (tertiary/aromatic N) is 6. The van der Waals surface area contributed by atoms with Crippen molar-refractivity contribution in [1.82, 2.24) is 19.9 Å². The van der Waals surface area contributed by atoms with Crippen molar-refractivity contribution in [3.8, 4) is 0 Å². The quantitative estimate of drug-likeness (QED) is 0.275. The topological polar surface area (TPSA) is 117 Å². The number of pyridine rings is 2. The molecule has 0 amide bonds. The molecule has 160 valence electrons. The zero-order chi connectivity index (χ0) is 22.5. The molecule has 3 aromatic heterocycles. The molecule has 0 aliphatic rings. The maximum Gasteiger partial charge on any atom is 0.0929 e. The summed E-state index contributed by atoms with van der Waals surface area (Å²) in [7, 11) is 0. The molecule has 0 fully saturated rings. The summed E-state index contributed by atoms with van der Waals surface area (Å²) < 4.78 is 0. The van der Waals surface area contributed by atoms with Crippen LogP contribution < -0.4 is 0 Å². The van der Waals surface area contributed by atoms with Gasteiger partial charge in [-0.3, -0.25) is 9.97 Å². The van der Waals surface area contributed by atoms with Crippen LogP contribution in [0.1, 0.15) is 33.6 Å². The van der Waals surface area contributed by atoms with Gasteiger partial charge in [-0.2, -0.15) is 0 Å². The highest BCUT2D eigenvalue weighted by Crippen LogP contribution is 2.21. The van der Waals surface area contributed by atoms with E-state index in [1.54, 1.807) is 49.1 Å². The van der Waals surface area contributed by atoms with Gasteiger partial charge in [0, 0.05) is 48.8 Å². The molecule has 4 aromatic rings. The van der Waals surface area contributed by atoms with E-state index in [2.05, 4.69) is 20.3 Å². The van der Waals surface area contributed by atoms with Crippen LogP contribution in [0.25, 0.3) is 11.0 Å². The summed E-state index contributed by atoms with van der Waals surface area (Å²) in [5, 5.41) is 26.4. The van der Waals surface area contributed by atoms with E-state index >= 15 is 0 Å². The summed E-state index contributed by atoms with van der Waals surface area (Å²) in [5.74, 6) is 0. The molecule has 0 spiro atoms. The summed E-state index contributed by atoms with van der Waals surface area (Å²) in [5.41, 5.74) is 7.38. The van der Waals surface area contributed by atoms with Crippen LogP contribution in [0.3, 0.4) is 0 Å². The van der Waals surface area contributed by atoms with Crippen molar-refractivity contribution in [3.63, 3.8) is 0 Å². The van der Waals surface area contributed by atoms with Gasteiger partial charge >= 0.3 is 0 Å². The van der Waals surface area contributed by atoms with Crippen molar-refractivity contribution in [2.45, 2.75) is 26.7 Å². The second kappa shape index (κ2) is 9.30. The van der Waals surface area contributed by atoms with Crippen molar-refractivity contribution in [2.24, 2.45) is 10.3 Å². The Bertz CT molecular complexity index is 1200. The van der Waals surface area contributed by atoms with E-state index < -0.39 is 0 Å². The molecule has 0 unspecified atom stereocenters. The highest BCUT2D eigenvalue weighted by Gasteiger charge is 2.17. The molecule has 0 aliphatic carbocycles. The third-order valence-electron chi connectivity index (χ3n) is 5.37. The van der Waals surface area contributed by atoms with E-state index in [0.29, 0.717) is 22.8 Å². The zero-order valence-electron chi connectivity index (χ0n) is 17.8. The Morgan fingerprint density at radius 3 is 1.41 bits per heavy atom. The van der Waals surface area contributed by atoms with Crippen LogP contribution >= 0.6 is 0 Å². The molecular weight excluding hydrogens is 404 g/mol. The average molecular weight is 426 g/mol. The second-order valence-corrected chi connectivity index (χ2v) is 7.46. The Hall–Kier alpha value is -4.20. The summed E-state index contributed by atoms with van der Waals surface area (Å²) in [6, 6.07) is 11.1. The average Bonchev–Trinajstić information content (AvgIpc) is 2.83. The van der Waals surface area contributed by atoms with E-state index in [1.165, 1.54) is 0 Å². The Labute approximate surface area is 185 Å². The number of oxime groups is 2. The van der Waals surface area contributed by atoms with E-state index in [9.17, 15) is 10.4 Å². The van der Waals surface area contributed by atoms with E-state index in [1.807, 2.05) is 26.0 Å². The number of hydrogen-bond donors (Lipinski definition) is 2. The van der Waals surface area contributed by atoms with Crippen molar-refractivity contribution < 1.29 is 10.4 Å². The van der Waals surface area contributed by atoms with Crippen LogP contribution in [0.2, 0.25) is 0 Å². The third kappa shape index (κ3) is 4.44. The van der Waals surface area contributed by atoms with Gasteiger partial charge in [0.2, 0.25) is 0 Å². The predicted molar refractivity (Wildman–Crippen MR) is 122 cm³/mol. The van der Waals surface area contributed by atoms with Gasteiger partial charge in [-0.05, 0) is 61.4 Å². The van der Waals surface area contributed by atoms with Gasteiger partial charge in [-0.1, -0.05) is 10.3 Å². The fourth-order valence-corrected chi connectivity index (χ4v) is 3.46. The van der Waals surface area contributed by atoms with Crippen LogP contribution in [0, 0.1) is 13.8 Å².